The van der Waals surface area contributed by atoms with Crippen molar-refractivity contribution >= 4 is 11.7 Å². The summed E-state index contributed by atoms with van der Waals surface area (Å²) in [5, 5.41) is 2.94. The predicted octanol–water partition coefficient (Wildman–Crippen LogP) is 3.45. The van der Waals surface area contributed by atoms with Gasteiger partial charge in [-0.15, -0.1) is 0 Å². The molecule has 6 heteroatoms. The van der Waals surface area contributed by atoms with E-state index in [4.69, 9.17) is 14.2 Å². The Morgan fingerprint density at radius 3 is 2.43 bits per heavy atom. The Morgan fingerprint density at radius 2 is 1.73 bits per heavy atom. The molecule has 160 valence electrons. The molecule has 0 saturated heterocycles. The molecule has 2 aromatic rings. The van der Waals surface area contributed by atoms with Gasteiger partial charge >= 0.3 is 0 Å². The normalized spacial score (nSPS) is 12.9. The number of nitrogens with one attached hydrogen (secondary N) is 1. The van der Waals surface area contributed by atoms with Crippen molar-refractivity contribution in [3.8, 4) is 17.2 Å². The summed E-state index contributed by atoms with van der Waals surface area (Å²) >= 11 is 0. The van der Waals surface area contributed by atoms with Crippen LogP contribution in [-0.2, 0) is 21.4 Å². The topological polar surface area (TPSA) is 73.9 Å². The third kappa shape index (κ3) is 5.99. The minimum atomic E-state index is -0.274. The number of carbonyl (C=O) groups is 2. The van der Waals surface area contributed by atoms with Crippen LogP contribution in [-0.4, -0.2) is 38.1 Å². The summed E-state index contributed by atoms with van der Waals surface area (Å²) in [6.45, 7) is 7.25. The summed E-state index contributed by atoms with van der Waals surface area (Å²) in [6.07, 6.45) is 1.24. The zero-order valence-corrected chi connectivity index (χ0v) is 17.8. The van der Waals surface area contributed by atoms with Crippen molar-refractivity contribution in [1.29, 1.82) is 0 Å². The fourth-order valence-electron chi connectivity index (χ4n) is 3.16. The lowest BCUT2D eigenvalue weighted by Gasteiger charge is -2.27. The van der Waals surface area contributed by atoms with E-state index in [0.717, 1.165) is 22.6 Å². The summed E-state index contributed by atoms with van der Waals surface area (Å²) in [4.78, 5) is 23.3. The summed E-state index contributed by atoms with van der Waals surface area (Å²) in [6, 6.07) is 13.4. The van der Waals surface area contributed by atoms with Gasteiger partial charge in [0.25, 0.3) is 5.91 Å². The maximum absolute atomic E-state index is 12.3. The average Bonchev–Trinajstić information content (AvgIpc) is 2.75. The molecular formula is C24H29NO5. The Labute approximate surface area is 177 Å². The SMILES string of the molecule is CC(=O)CCc1ccc(OCC(=O)NCC(C)(C)c2ccc3c(c2)OCCO3)cc1. The smallest absolute Gasteiger partial charge is 0.257 e. The van der Waals surface area contributed by atoms with Gasteiger partial charge in [0.05, 0.1) is 0 Å². The largest absolute Gasteiger partial charge is 0.486 e. The lowest BCUT2D eigenvalue weighted by atomic mass is 9.84. The lowest BCUT2D eigenvalue weighted by molar-refractivity contribution is -0.123. The molecule has 0 fully saturated rings. The molecule has 30 heavy (non-hydrogen) atoms. The molecule has 0 aromatic heterocycles. The molecule has 0 saturated carbocycles. The van der Waals surface area contributed by atoms with E-state index in [0.29, 0.717) is 38.3 Å². The summed E-state index contributed by atoms with van der Waals surface area (Å²) in [5.41, 5.74) is 1.86. The Balaban J connectivity index is 1.47. The second-order valence-corrected chi connectivity index (χ2v) is 8.15. The number of carbonyl (C=O) groups excluding carboxylic acids is 2. The summed E-state index contributed by atoms with van der Waals surface area (Å²) in [5.74, 6) is 2.12. The number of Topliss-reactive ketones (excluding diaryl/α,β-unsaturated/α-hetero) is 1. The Hall–Kier alpha value is -3.02. The number of benzene rings is 2. The molecular weight excluding hydrogens is 382 g/mol. The molecule has 1 amide bonds. The minimum Gasteiger partial charge on any atom is -0.486 e. The van der Waals surface area contributed by atoms with Crippen molar-refractivity contribution in [2.24, 2.45) is 0 Å². The molecule has 1 N–H and O–H groups in total. The van der Waals surface area contributed by atoms with Crippen LogP contribution in [0.3, 0.4) is 0 Å². The molecule has 0 bridgehead atoms. The van der Waals surface area contributed by atoms with Gasteiger partial charge in [-0.1, -0.05) is 32.0 Å². The maximum Gasteiger partial charge on any atom is 0.257 e. The highest BCUT2D eigenvalue weighted by molar-refractivity contribution is 5.77. The lowest BCUT2D eigenvalue weighted by Crippen LogP contribution is -2.39. The van der Waals surface area contributed by atoms with Crippen LogP contribution in [0.2, 0.25) is 0 Å². The van der Waals surface area contributed by atoms with Gasteiger partial charge in [0.2, 0.25) is 0 Å². The number of aryl methyl sites for hydroxylation is 1. The predicted molar refractivity (Wildman–Crippen MR) is 114 cm³/mol. The molecule has 0 atom stereocenters. The molecule has 3 rings (SSSR count). The highest BCUT2D eigenvalue weighted by Gasteiger charge is 2.24. The monoisotopic (exact) mass is 411 g/mol. The highest BCUT2D eigenvalue weighted by Crippen LogP contribution is 2.34. The van der Waals surface area contributed by atoms with Crippen molar-refractivity contribution in [2.45, 2.75) is 39.0 Å². The van der Waals surface area contributed by atoms with E-state index < -0.39 is 0 Å². The molecule has 6 nitrogen and oxygen atoms in total. The van der Waals surface area contributed by atoms with E-state index in [1.807, 2.05) is 42.5 Å². The number of ether oxygens (including phenoxy) is 3. The van der Waals surface area contributed by atoms with Crippen molar-refractivity contribution in [2.75, 3.05) is 26.4 Å². The van der Waals surface area contributed by atoms with Crippen molar-refractivity contribution in [3.63, 3.8) is 0 Å². The molecule has 0 unspecified atom stereocenters. The van der Waals surface area contributed by atoms with E-state index in [1.54, 1.807) is 6.92 Å². The van der Waals surface area contributed by atoms with E-state index in [-0.39, 0.29) is 23.7 Å². The van der Waals surface area contributed by atoms with Crippen LogP contribution in [0.5, 0.6) is 17.2 Å². The van der Waals surface area contributed by atoms with Crippen LogP contribution in [0.1, 0.15) is 38.3 Å². The number of hydrogen-bond acceptors (Lipinski definition) is 5. The minimum absolute atomic E-state index is 0.0516. The molecule has 1 aliphatic rings. The zero-order valence-electron chi connectivity index (χ0n) is 17.8. The number of fused-ring (bicyclic) bond motifs is 1. The van der Waals surface area contributed by atoms with Crippen molar-refractivity contribution in [1.82, 2.24) is 5.32 Å². The second-order valence-electron chi connectivity index (χ2n) is 8.15. The quantitative estimate of drug-likeness (QED) is 0.684. The standard InChI is InChI=1S/C24H29NO5/c1-17(26)4-5-18-6-9-20(10-7-18)30-15-23(27)25-16-24(2,3)19-8-11-21-22(14-19)29-13-12-28-21/h6-11,14H,4-5,12-13,15-16H2,1-3H3,(H,25,27). The number of amides is 1. The fraction of sp³-hybridized carbons (Fsp3) is 0.417. The summed E-state index contributed by atoms with van der Waals surface area (Å²) in [7, 11) is 0. The van der Waals surface area contributed by atoms with Crippen molar-refractivity contribution in [3.05, 3.63) is 53.6 Å². The van der Waals surface area contributed by atoms with Crippen molar-refractivity contribution < 1.29 is 23.8 Å². The van der Waals surface area contributed by atoms with Gasteiger partial charge in [-0.05, 0) is 48.7 Å². The first-order chi connectivity index (χ1) is 14.3. The maximum atomic E-state index is 12.3. The van der Waals surface area contributed by atoms with Gasteiger partial charge in [0.15, 0.2) is 18.1 Å². The van der Waals surface area contributed by atoms with E-state index >= 15 is 0 Å². The highest BCUT2D eigenvalue weighted by atomic mass is 16.6. The average molecular weight is 411 g/mol. The first-order valence-electron chi connectivity index (χ1n) is 10.2. The Morgan fingerprint density at radius 1 is 1.03 bits per heavy atom. The van der Waals surface area contributed by atoms with Gasteiger partial charge in [0, 0.05) is 18.4 Å². The third-order valence-electron chi connectivity index (χ3n) is 5.11. The Bertz CT molecular complexity index is 889. The number of hydrogen-bond donors (Lipinski definition) is 1. The van der Waals surface area contributed by atoms with E-state index in [2.05, 4.69) is 19.2 Å². The van der Waals surface area contributed by atoms with Crippen LogP contribution in [0.25, 0.3) is 0 Å². The molecule has 1 aliphatic heterocycles. The van der Waals surface area contributed by atoms with Gasteiger partial charge in [-0.3, -0.25) is 4.79 Å². The van der Waals surface area contributed by atoms with E-state index in [1.165, 1.54) is 0 Å². The number of rotatable bonds is 9. The van der Waals surface area contributed by atoms with Crippen LogP contribution in [0.15, 0.2) is 42.5 Å². The fourth-order valence-corrected chi connectivity index (χ4v) is 3.16. The summed E-state index contributed by atoms with van der Waals surface area (Å²) < 4.78 is 16.8. The zero-order chi connectivity index (χ0) is 21.6. The van der Waals surface area contributed by atoms with Crippen LogP contribution < -0.4 is 19.5 Å². The second kappa shape index (κ2) is 9.65. The Kier molecular flexibility index (Phi) is 6.98. The number of ketones is 1. The molecule has 0 spiro atoms. The third-order valence-corrected chi connectivity index (χ3v) is 5.11. The van der Waals surface area contributed by atoms with Gasteiger partial charge in [-0.2, -0.15) is 0 Å². The molecule has 2 aromatic carbocycles. The van der Waals surface area contributed by atoms with Crippen LogP contribution >= 0.6 is 0 Å². The molecule has 1 heterocycles. The molecule has 0 radical (unpaired) electrons. The first kappa shape index (κ1) is 21.7. The molecule has 0 aliphatic carbocycles. The van der Waals surface area contributed by atoms with E-state index in [9.17, 15) is 9.59 Å². The van der Waals surface area contributed by atoms with Crippen LogP contribution in [0, 0.1) is 0 Å². The van der Waals surface area contributed by atoms with Gasteiger partial charge < -0.3 is 24.3 Å². The van der Waals surface area contributed by atoms with Gasteiger partial charge in [0.1, 0.15) is 24.7 Å². The van der Waals surface area contributed by atoms with Crippen LogP contribution in [0.4, 0.5) is 0 Å². The van der Waals surface area contributed by atoms with Gasteiger partial charge in [-0.25, -0.2) is 0 Å². The first-order valence-corrected chi connectivity index (χ1v) is 10.2.